The largest absolute Gasteiger partial charge is 0.295 e. The van der Waals surface area contributed by atoms with Crippen molar-refractivity contribution < 1.29 is 13.0 Å². The molecular formula is C46H80O3S. The van der Waals surface area contributed by atoms with Gasteiger partial charge in [-0.3, -0.25) is 4.55 Å². The number of unbranched alkanes of at least 4 members (excludes halogenated alkanes) is 30. The molecule has 50 heavy (non-hydrogen) atoms. The first-order valence-corrected chi connectivity index (χ1v) is 23.4. The van der Waals surface area contributed by atoms with Crippen molar-refractivity contribution in [2.24, 2.45) is 0 Å². The average molecular weight is 713 g/mol. The molecule has 0 unspecified atom stereocenters. The predicted octanol–water partition coefficient (Wildman–Crippen LogP) is 15.7. The molecule has 0 aliphatic rings. The monoisotopic (exact) mass is 713 g/mol. The van der Waals surface area contributed by atoms with E-state index >= 15 is 0 Å². The topological polar surface area (TPSA) is 54.4 Å². The summed E-state index contributed by atoms with van der Waals surface area (Å²) in [6.07, 6.45) is 45.1. The van der Waals surface area contributed by atoms with E-state index < -0.39 is 10.1 Å². The number of fused-ring (bicyclic) bond motifs is 1. The number of aryl methyl sites for hydroxylation is 2. The molecule has 0 aromatic heterocycles. The molecule has 0 heterocycles. The van der Waals surface area contributed by atoms with Gasteiger partial charge in [0.2, 0.25) is 0 Å². The fourth-order valence-corrected chi connectivity index (χ4v) is 8.62. The molecule has 0 aliphatic carbocycles. The third-order valence-corrected chi connectivity index (χ3v) is 12.0. The maximum Gasteiger partial charge on any atom is 0.295 e. The highest BCUT2D eigenvalue weighted by Crippen LogP contribution is 2.32. The molecule has 0 saturated heterocycles. The molecular weight excluding hydrogens is 633 g/mol. The van der Waals surface area contributed by atoms with Crippen molar-refractivity contribution in [2.45, 2.75) is 237 Å². The van der Waals surface area contributed by atoms with E-state index in [1.807, 2.05) is 6.07 Å². The minimum Gasteiger partial charge on any atom is -0.282 e. The Hall–Kier alpha value is -1.39. The van der Waals surface area contributed by atoms with Crippen molar-refractivity contribution in [2.75, 3.05) is 0 Å². The van der Waals surface area contributed by atoms with E-state index in [0.717, 1.165) is 42.0 Å². The first-order valence-electron chi connectivity index (χ1n) is 22.0. The van der Waals surface area contributed by atoms with Gasteiger partial charge in [0.05, 0.1) is 0 Å². The second-order valence-corrected chi connectivity index (χ2v) is 17.0. The summed E-state index contributed by atoms with van der Waals surface area (Å²) >= 11 is 0. The highest BCUT2D eigenvalue weighted by molar-refractivity contribution is 7.86. The maximum absolute atomic E-state index is 12.4. The Labute approximate surface area is 311 Å². The standard InChI is InChI=1S/C46H80O3S/c1-3-5-7-9-11-13-15-17-19-21-23-25-27-29-31-33-36-42-40-41-45(50(47,48)49)46-43(38-35-39-44(42)46)37-34-32-30-28-26-24-22-20-18-16-14-12-10-8-6-4-2/h35,38-41H,3-34,36-37H2,1-2H3,(H,47,48,49). The van der Waals surface area contributed by atoms with Crippen LogP contribution in [0.1, 0.15) is 230 Å². The first-order chi connectivity index (χ1) is 24.5. The smallest absolute Gasteiger partial charge is 0.282 e. The SMILES string of the molecule is CCCCCCCCCCCCCCCCCCc1ccc(S(=O)(=O)O)c2c(CCCCCCCCCCCCCCCCCC)cccc12. The summed E-state index contributed by atoms with van der Waals surface area (Å²) in [5.41, 5.74) is 2.28. The molecule has 2 aromatic rings. The van der Waals surface area contributed by atoms with Crippen molar-refractivity contribution in [3.63, 3.8) is 0 Å². The molecule has 0 bridgehead atoms. The van der Waals surface area contributed by atoms with Crippen LogP contribution in [0.5, 0.6) is 0 Å². The van der Waals surface area contributed by atoms with Crippen molar-refractivity contribution in [1.29, 1.82) is 0 Å². The summed E-state index contributed by atoms with van der Waals surface area (Å²) in [4.78, 5) is 0.0790. The Morgan fingerprint density at radius 3 is 1.06 bits per heavy atom. The summed E-state index contributed by atoms with van der Waals surface area (Å²) in [6.45, 7) is 4.57. The van der Waals surface area contributed by atoms with Crippen LogP contribution in [-0.2, 0) is 23.0 Å². The fourth-order valence-electron chi connectivity index (χ4n) is 7.88. The Morgan fingerprint density at radius 1 is 0.400 bits per heavy atom. The molecule has 3 nitrogen and oxygen atoms in total. The van der Waals surface area contributed by atoms with E-state index in [1.165, 1.54) is 198 Å². The van der Waals surface area contributed by atoms with E-state index in [4.69, 9.17) is 0 Å². The summed E-state index contributed by atoms with van der Waals surface area (Å²) in [7, 11) is -4.28. The van der Waals surface area contributed by atoms with Gasteiger partial charge in [-0.05, 0) is 48.3 Å². The van der Waals surface area contributed by atoms with Gasteiger partial charge in [-0.25, -0.2) is 0 Å². The molecule has 0 aliphatic heterocycles. The summed E-state index contributed by atoms with van der Waals surface area (Å²) in [5, 5.41) is 1.76. The van der Waals surface area contributed by atoms with Gasteiger partial charge >= 0.3 is 0 Å². The first kappa shape index (κ1) is 44.8. The lowest BCUT2D eigenvalue weighted by atomic mass is 9.94. The Balaban J connectivity index is 1.63. The minimum absolute atomic E-state index is 0.0790. The lowest BCUT2D eigenvalue weighted by Crippen LogP contribution is -2.03. The van der Waals surface area contributed by atoms with Crippen molar-refractivity contribution in [1.82, 2.24) is 0 Å². The van der Waals surface area contributed by atoms with E-state index in [9.17, 15) is 13.0 Å². The predicted molar refractivity (Wildman–Crippen MR) is 220 cm³/mol. The second kappa shape index (κ2) is 30.1. The van der Waals surface area contributed by atoms with Crippen LogP contribution < -0.4 is 0 Å². The van der Waals surface area contributed by atoms with E-state index in [-0.39, 0.29) is 4.90 Å². The van der Waals surface area contributed by atoms with Gasteiger partial charge in [-0.15, -0.1) is 0 Å². The van der Waals surface area contributed by atoms with Crippen LogP contribution in [0.2, 0.25) is 0 Å². The van der Waals surface area contributed by atoms with Gasteiger partial charge in [0.15, 0.2) is 0 Å². The lowest BCUT2D eigenvalue weighted by Gasteiger charge is -2.14. The highest BCUT2D eigenvalue weighted by atomic mass is 32.2. The Kier molecular flexibility index (Phi) is 27.0. The summed E-state index contributed by atoms with van der Waals surface area (Å²) in [6, 6.07) is 9.80. The zero-order valence-corrected chi connectivity index (χ0v) is 33.9. The minimum atomic E-state index is -4.28. The van der Waals surface area contributed by atoms with Gasteiger partial charge in [0.1, 0.15) is 4.90 Å². The van der Waals surface area contributed by atoms with E-state index in [2.05, 4.69) is 32.0 Å². The maximum atomic E-state index is 12.4. The van der Waals surface area contributed by atoms with Crippen molar-refractivity contribution >= 4 is 20.9 Å². The molecule has 0 spiro atoms. The zero-order chi connectivity index (χ0) is 36.0. The van der Waals surface area contributed by atoms with E-state index in [1.54, 1.807) is 6.07 Å². The van der Waals surface area contributed by atoms with Crippen LogP contribution in [0.3, 0.4) is 0 Å². The summed E-state index contributed by atoms with van der Waals surface area (Å²) < 4.78 is 34.9. The molecule has 0 atom stereocenters. The molecule has 1 N–H and O–H groups in total. The number of rotatable bonds is 35. The Bertz CT molecular complexity index is 1190. The lowest BCUT2D eigenvalue weighted by molar-refractivity contribution is 0.484. The van der Waals surface area contributed by atoms with Crippen LogP contribution in [-0.4, -0.2) is 13.0 Å². The Morgan fingerprint density at radius 2 is 0.720 bits per heavy atom. The summed E-state index contributed by atoms with van der Waals surface area (Å²) in [5.74, 6) is 0. The number of hydrogen-bond donors (Lipinski definition) is 1. The van der Waals surface area contributed by atoms with Crippen molar-refractivity contribution in [3.8, 4) is 0 Å². The molecule has 0 radical (unpaired) electrons. The van der Waals surface area contributed by atoms with Crippen LogP contribution in [0.4, 0.5) is 0 Å². The van der Waals surface area contributed by atoms with Gasteiger partial charge < -0.3 is 0 Å². The number of hydrogen-bond acceptors (Lipinski definition) is 2. The third kappa shape index (κ3) is 21.2. The molecule has 2 rings (SSSR count). The van der Waals surface area contributed by atoms with Crippen LogP contribution >= 0.6 is 0 Å². The molecule has 0 saturated carbocycles. The van der Waals surface area contributed by atoms with Crippen LogP contribution in [0, 0.1) is 0 Å². The highest BCUT2D eigenvalue weighted by Gasteiger charge is 2.18. The zero-order valence-electron chi connectivity index (χ0n) is 33.1. The van der Waals surface area contributed by atoms with Gasteiger partial charge in [-0.2, -0.15) is 8.42 Å². The molecule has 4 heteroatoms. The fraction of sp³-hybridized carbons (Fsp3) is 0.783. The van der Waals surface area contributed by atoms with Crippen LogP contribution in [0.25, 0.3) is 10.8 Å². The van der Waals surface area contributed by atoms with Gasteiger partial charge in [-0.1, -0.05) is 231 Å². The molecule has 0 amide bonds. The van der Waals surface area contributed by atoms with Gasteiger partial charge in [0.25, 0.3) is 10.1 Å². The average Bonchev–Trinajstić information content (AvgIpc) is 3.10. The molecule has 2 aromatic carbocycles. The molecule has 288 valence electrons. The van der Waals surface area contributed by atoms with Crippen LogP contribution in [0.15, 0.2) is 35.2 Å². The molecule has 0 fully saturated rings. The number of benzene rings is 2. The normalized spacial score (nSPS) is 12.0. The van der Waals surface area contributed by atoms with E-state index in [0.29, 0.717) is 0 Å². The third-order valence-electron chi connectivity index (χ3n) is 11.1. The quantitative estimate of drug-likeness (QED) is 0.0572. The van der Waals surface area contributed by atoms with Crippen molar-refractivity contribution in [3.05, 3.63) is 41.5 Å². The van der Waals surface area contributed by atoms with Gasteiger partial charge in [0, 0.05) is 5.39 Å². The second-order valence-electron chi connectivity index (χ2n) is 15.6.